The van der Waals surface area contributed by atoms with E-state index in [1.54, 1.807) is 11.1 Å². The van der Waals surface area contributed by atoms with E-state index in [9.17, 15) is 9.59 Å². The third-order valence-electron chi connectivity index (χ3n) is 7.57. The van der Waals surface area contributed by atoms with E-state index in [0.29, 0.717) is 24.8 Å². The van der Waals surface area contributed by atoms with Gasteiger partial charge in [-0.3, -0.25) is 14.5 Å². The molecular formula is C24H35N5O3. The van der Waals surface area contributed by atoms with E-state index in [4.69, 9.17) is 11.6 Å². The van der Waals surface area contributed by atoms with Gasteiger partial charge in [-0.05, 0) is 61.6 Å². The van der Waals surface area contributed by atoms with Crippen molar-refractivity contribution in [1.29, 1.82) is 0 Å². The molecular weight excluding hydrogens is 406 g/mol. The fourth-order valence-electron chi connectivity index (χ4n) is 6.03. The Morgan fingerprint density at radius 1 is 1.12 bits per heavy atom. The van der Waals surface area contributed by atoms with E-state index in [1.165, 1.54) is 24.8 Å². The topological polar surface area (TPSA) is 114 Å². The number of hydrogen-bond acceptors (Lipinski definition) is 6. The molecule has 2 aliphatic heterocycles. The number of carbonyl (C=O) groups is 2. The summed E-state index contributed by atoms with van der Waals surface area (Å²) in [6.07, 6.45) is 9.85. The molecule has 0 unspecified atom stereocenters. The van der Waals surface area contributed by atoms with Crippen molar-refractivity contribution in [3.05, 3.63) is 35.4 Å². The molecule has 2 amide bonds. The summed E-state index contributed by atoms with van der Waals surface area (Å²) in [6, 6.07) is 7.50. The van der Waals surface area contributed by atoms with Crippen molar-refractivity contribution in [1.82, 2.24) is 9.80 Å². The highest BCUT2D eigenvalue weighted by molar-refractivity contribution is 5.90. The molecule has 32 heavy (non-hydrogen) atoms. The lowest BCUT2D eigenvalue weighted by atomic mass is 9.70. The zero-order chi connectivity index (χ0) is 22.5. The van der Waals surface area contributed by atoms with Gasteiger partial charge in [-0.2, -0.15) is 0 Å². The van der Waals surface area contributed by atoms with Gasteiger partial charge in [0.15, 0.2) is 0 Å². The Balaban J connectivity index is 1.51. The number of hydrogen-bond donors (Lipinski definition) is 2. The molecule has 1 saturated carbocycles. The molecule has 1 aromatic rings. The lowest BCUT2D eigenvalue weighted by Gasteiger charge is -2.48. The van der Waals surface area contributed by atoms with E-state index in [2.05, 4.69) is 27.1 Å². The molecule has 8 heteroatoms. The van der Waals surface area contributed by atoms with Gasteiger partial charge >= 0.3 is 0 Å². The molecule has 2 saturated heterocycles. The van der Waals surface area contributed by atoms with Crippen LogP contribution >= 0.6 is 0 Å². The van der Waals surface area contributed by atoms with Crippen molar-refractivity contribution in [2.45, 2.75) is 63.5 Å². The molecule has 4 atom stereocenters. The van der Waals surface area contributed by atoms with Crippen LogP contribution in [0.1, 0.15) is 56.1 Å². The summed E-state index contributed by atoms with van der Waals surface area (Å²) in [5, 5.41) is 3.63. The predicted molar refractivity (Wildman–Crippen MR) is 122 cm³/mol. The maximum Gasteiger partial charge on any atom is 0.240 e. The Morgan fingerprint density at radius 3 is 2.78 bits per heavy atom. The molecule has 1 aliphatic carbocycles. The Hall–Kier alpha value is -2.45. The summed E-state index contributed by atoms with van der Waals surface area (Å²) in [7, 11) is 0. The highest BCUT2D eigenvalue weighted by Crippen LogP contribution is 2.41. The van der Waals surface area contributed by atoms with Gasteiger partial charge in [-0.15, -0.1) is 5.90 Å². The normalized spacial score (nSPS) is 28.6. The van der Waals surface area contributed by atoms with Gasteiger partial charge in [-0.25, -0.2) is 0 Å². The van der Waals surface area contributed by atoms with Gasteiger partial charge < -0.3 is 15.6 Å². The number of piperidine rings is 1. The number of benzene rings is 1. The van der Waals surface area contributed by atoms with Crippen LogP contribution in [0.4, 0.5) is 0 Å². The van der Waals surface area contributed by atoms with E-state index in [1.807, 2.05) is 12.1 Å². The summed E-state index contributed by atoms with van der Waals surface area (Å²) >= 11 is 0. The number of primary amides is 1. The van der Waals surface area contributed by atoms with E-state index < -0.39 is 6.04 Å². The van der Waals surface area contributed by atoms with E-state index in [0.717, 1.165) is 44.3 Å². The highest BCUT2D eigenvalue weighted by Gasteiger charge is 2.46. The third kappa shape index (κ3) is 4.96. The largest absolute Gasteiger partial charge is 0.368 e. The average molecular weight is 442 g/mol. The van der Waals surface area contributed by atoms with Gasteiger partial charge in [0.1, 0.15) is 6.04 Å². The second-order valence-electron chi connectivity index (χ2n) is 9.40. The first kappa shape index (κ1) is 22.7. The number of nitrogens with zero attached hydrogens (tertiary/aromatic N) is 3. The molecule has 0 bridgehead atoms. The molecule has 174 valence electrons. The van der Waals surface area contributed by atoms with Crippen LogP contribution in [0.15, 0.2) is 29.4 Å². The van der Waals surface area contributed by atoms with Crippen molar-refractivity contribution in [3.63, 3.8) is 0 Å². The van der Waals surface area contributed by atoms with Crippen molar-refractivity contribution < 1.29 is 14.5 Å². The first-order valence-electron chi connectivity index (χ1n) is 11.9. The van der Waals surface area contributed by atoms with Gasteiger partial charge in [-0.1, -0.05) is 48.7 Å². The zero-order valence-corrected chi connectivity index (χ0v) is 18.7. The molecule has 2 heterocycles. The quantitative estimate of drug-likeness (QED) is 0.495. The SMILES string of the molecule is NON=Cc1cccc(CCN2CC[C@@H]3CCCC[C@@H]3[C@@H]2C(=O)N2CCC[C@H]2C(N)=O)c1. The molecule has 8 nitrogen and oxygen atoms in total. The van der Waals surface area contributed by atoms with Gasteiger partial charge in [0.05, 0.1) is 12.3 Å². The van der Waals surface area contributed by atoms with Crippen molar-refractivity contribution in [2.24, 2.45) is 28.6 Å². The fraction of sp³-hybridized carbons (Fsp3) is 0.625. The highest BCUT2D eigenvalue weighted by atomic mass is 16.7. The number of carbonyl (C=O) groups excluding carboxylic acids is 2. The Kier molecular flexibility index (Phi) is 7.42. The summed E-state index contributed by atoms with van der Waals surface area (Å²) in [5.74, 6) is 5.70. The van der Waals surface area contributed by atoms with Crippen LogP contribution in [-0.2, 0) is 20.9 Å². The first-order chi connectivity index (χ1) is 15.6. The van der Waals surface area contributed by atoms with Gasteiger partial charge in [0.2, 0.25) is 11.8 Å². The molecule has 0 radical (unpaired) electrons. The molecule has 3 aliphatic rings. The molecule has 3 fully saturated rings. The van der Waals surface area contributed by atoms with Crippen molar-refractivity contribution >= 4 is 18.0 Å². The second-order valence-corrected chi connectivity index (χ2v) is 9.40. The predicted octanol–water partition coefficient (Wildman–Crippen LogP) is 1.81. The minimum absolute atomic E-state index is 0.115. The second kappa shape index (κ2) is 10.4. The number of nitrogens with two attached hydrogens (primary N) is 2. The van der Waals surface area contributed by atoms with Crippen LogP contribution in [0.2, 0.25) is 0 Å². The van der Waals surface area contributed by atoms with Crippen molar-refractivity contribution in [3.8, 4) is 0 Å². The summed E-state index contributed by atoms with van der Waals surface area (Å²) in [5.41, 5.74) is 7.74. The van der Waals surface area contributed by atoms with Gasteiger partial charge in [0.25, 0.3) is 0 Å². The lowest BCUT2D eigenvalue weighted by Crippen LogP contribution is -2.60. The van der Waals surface area contributed by atoms with Gasteiger partial charge in [0, 0.05) is 13.1 Å². The number of fused-ring (bicyclic) bond motifs is 1. The lowest BCUT2D eigenvalue weighted by molar-refractivity contribution is -0.147. The van der Waals surface area contributed by atoms with Crippen LogP contribution in [0.3, 0.4) is 0 Å². The third-order valence-corrected chi connectivity index (χ3v) is 7.57. The standard InChI is InChI=1S/C24H35N5O3/c25-23(30)21-9-4-12-29(21)24(31)22-20-8-2-1-7-19(20)11-14-28(22)13-10-17-5-3-6-18(15-17)16-27-32-26/h3,5-6,15-16,19-22H,1-2,4,7-14,26H2,(H2,25,30)/t19-,20-,21-,22+/m0/s1. The number of rotatable bonds is 7. The van der Waals surface area contributed by atoms with Crippen LogP contribution in [0.5, 0.6) is 0 Å². The van der Waals surface area contributed by atoms with Crippen LogP contribution in [0, 0.1) is 11.8 Å². The maximum absolute atomic E-state index is 13.8. The fourth-order valence-corrected chi connectivity index (χ4v) is 6.03. The minimum atomic E-state index is -0.450. The average Bonchev–Trinajstić information content (AvgIpc) is 3.31. The minimum Gasteiger partial charge on any atom is -0.368 e. The number of likely N-dealkylation sites (tertiary alicyclic amines) is 2. The Bertz CT molecular complexity index is 845. The van der Waals surface area contributed by atoms with Crippen LogP contribution < -0.4 is 11.6 Å². The number of amides is 2. The monoisotopic (exact) mass is 441 g/mol. The maximum atomic E-state index is 13.8. The Morgan fingerprint density at radius 2 is 1.97 bits per heavy atom. The molecule has 4 rings (SSSR count). The zero-order valence-electron chi connectivity index (χ0n) is 18.7. The Labute approximate surface area is 189 Å². The molecule has 1 aromatic carbocycles. The van der Waals surface area contributed by atoms with E-state index in [-0.39, 0.29) is 17.9 Å². The van der Waals surface area contributed by atoms with Crippen LogP contribution in [-0.4, -0.2) is 59.5 Å². The smallest absolute Gasteiger partial charge is 0.240 e. The molecule has 0 aromatic heterocycles. The van der Waals surface area contributed by atoms with Crippen molar-refractivity contribution in [2.75, 3.05) is 19.6 Å². The molecule has 4 N–H and O–H groups in total. The molecule has 0 spiro atoms. The summed E-state index contributed by atoms with van der Waals surface area (Å²) in [6.45, 7) is 2.37. The van der Waals surface area contributed by atoms with E-state index >= 15 is 0 Å². The number of oxime groups is 1. The van der Waals surface area contributed by atoms with Crippen LogP contribution in [0.25, 0.3) is 0 Å². The summed E-state index contributed by atoms with van der Waals surface area (Å²) < 4.78 is 0. The first-order valence-corrected chi connectivity index (χ1v) is 11.9. The summed E-state index contributed by atoms with van der Waals surface area (Å²) in [4.78, 5) is 34.2.